The maximum absolute atomic E-state index is 12.0. The van der Waals surface area contributed by atoms with E-state index in [0.717, 1.165) is 30.5 Å². The summed E-state index contributed by atoms with van der Waals surface area (Å²) in [5.41, 5.74) is 4.68. The highest BCUT2D eigenvalue weighted by molar-refractivity contribution is 6.16. The molecule has 4 aromatic carbocycles. The molecule has 0 amide bonds. The lowest BCUT2D eigenvalue weighted by molar-refractivity contribution is -0.140. The topological polar surface area (TPSA) is 144 Å². The molecule has 0 aromatic heterocycles. The van der Waals surface area contributed by atoms with Gasteiger partial charge in [-0.25, -0.2) is 14.6 Å². The highest BCUT2D eigenvalue weighted by Crippen LogP contribution is 2.12. The van der Waals surface area contributed by atoms with Crippen LogP contribution in [0.5, 0.6) is 0 Å². The summed E-state index contributed by atoms with van der Waals surface area (Å²) in [7, 11) is 0. The second-order valence-corrected chi connectivity index (χ2v) is 11.9. The Labute approximate surface area is 325 Å². The highest BCUT2D eigenvalue weighted by Gasteiger charge is 2.16. The normalized spacial score (nSPS) is 11.3. The molecule has 0 unspecified atom stereocenters. The molecule has 0 fully saturated rings. The largest absolute Gasteiger partial charge is 0.512 e. The second-order valence-electron chi connectivity index (χ2n) is 11.9. The molecule has 4 rings (SSSR count). The van der Waals surface area contributed by atoms with Crippen molar-refractivity contribution < 1.29 is 33.7 Å². The SMILES string of the molecule is CCOC(=O)C(C=NN(Cc1ccccc1)Cc1ccccc1)=C(C)O.CCOC=C(C(C)=O)C(=O)OCC.NN(Cc1ccccc1)Cc1ccccc1. The third kappa shape index (κ3) is 19.0. The molecule has 55 heavy (non-hydrogen) atoms. The predicted molar refractivity (Wildman–Crippen MR) is 216 cm³/mol. The Bertz CT molecular complexity index is 1700. The van der Waals surface area contributed by atoms with E-state index in [1.165, 1.54) is 31.2 Å². The van der Waals surface area contributed by atoms with Gasteiger partial charge < -0.3 is 19.3 Å². The average molecular weight is 751 g/mol. The number of aliphatic hydroxyl groups is 1. The lowest BCUT2D eigenvalue weighted by Gasteiger charge is -2.19. The number of rotatable bonds is 17. The van der Waals surface area contributed by atoms with Gasteiger partial charge in [0.2, 0.25) is 0 Å². The Morgan fingerprint density at radius 2 is 1.00 bits per heavy atom. The average Bonchev–Trinajstić information content (AvgIpc) is 3.17. The van der Waals surface area contributed by atoms with Gasteiger partial charge in [-0.1, -0.05) is 121 Å². The highest BCUT2D eigenvalue weighted by atomic mass is 16.5. The van der Waals surface area contributed by atoms with Crippen molar-refractivity contribution in [2.24, 2.45) is 10.9 Å². The van der Waals surface area contributed by atoms with Crippen molar-refractivity contribution in [2.45, 2.75) is 60.8 Å². The van der Waals surface area contributed by atoms with Crippen molar-refractivity contribution >= 4 is 23.9 Å². The Balaban J connectivity index is 0.000000308. The van der Waals surface area contributed by atoms with Gasteiger partial charge in [0.25, 0.3) is 0 Å². The van der Waals surface area contributed by atoms with Crippen LogP contribution in [0.3, 0.4) is 0 Å². The van der Waals surface area contributed by atoms with Gasteiger partial charge in [-0.15, -0.1) is 0 Å². The van der Waals surface area contributed by atoms with E-state index in [1.54, 1.807) is 20.8 Å². The molecular formula is C44H54N4O7. The van der Waals surface area contributed by atoms with Crippen molar-refractivity contribution in [1.82, 2.24) is 10.0 Å². The lowest BCUT2D eigenvalue weighted by atomic mass is 10.2. The van der Waals surface area contributed by atoms with Crippen molar-refractivity contribution in [1.29, 1.82) is 0 Å². The number of Topliss-reactive ketones (excluding diaryl/α,β-unsaturated/α-hetero) is 1. The third-order valence-corrected chi connectivity index (χ3v) is 7.35. The van der Waals surface area contributed by atoms with Gasteiger partial charge in [-0.3, -0.25) is 15.6 Å². The number of allylic oxidation sites excluding steroid dienone is 1. The van der Waals surface area contributed by atoms with Crippen LogP contribution in [0.15, 0.2) is 150 Å². The Hall–Kier alpha value is -6.04. The summed E-state index contributed by atoms with van der Waals surface area (Å²) in [5.74, 6) is 4.27. The molecule has 0 aliphatic rings. The molecule has 11 heteroatoms. The fourth-order valence-electron chi connectivity index (χ4n) is 4.71. The molecule has 0 saturated carbocycles. The molecule has 11 nitrogen and oxygen atoms in total. The van der Waals surface area contributed by atoms with Crippen LogP contribution >= 0.6 is 0 Å². The van der Waals surface area contributed by atoms with Gasteiger partial charge in [-0.2, -0.15) is 5.10 Å². The number of hydrogen-bond acceptors (Lipinski definition) is 11. The molecule has 0 saturated heterocycles. The first kappa shape index (κ1) is 45.1. The predicted octanol–water partition coefficient (Wildman–Crippen LogP) is 7.69. The van der Waals surface area contributed by atoms with Crippen LogP contribution in [0.25, 0.3) is 0 Å². The number of benzene rings is 4. The van der Waals surface area contributed by atoms with Crippen molar-refractivity contribution in [3.8, 4) is 0 Å². The molecule has 0 spiro atoms. The third-order valence-electron chi connectivity index (χ3n) is 7.35. The molecule has 0 atom stereocenters. The summed E-state index contributed by atoms with van der Waals surface area (Å²) in [6.45, 7) is 11.5. The summed E-state index contributed by atoms with van der Waals surface area (Å²) in [4.78, 5) is 34.0. The molecular weight excluding hydrogens is 697 g/mol. The van der Waals surface area contributed by atoms with Crippen LogP contribution in [0, 0.1) is 0 Å². The van der Waals surface area contributed by atoms with E-state index in [4.69, 9.17) is 15.3 Å². The van der Waals surface area contributed by atoms with E-state index >= 15 is 0 Å². The monoisotopic (exact) mass is 750 g/mol. The summed E-state index contributed by atoms with van der Waals surface area (Å²) in [6, 6.07) is 40.4. The first-order valence-corrected chi connectivity index (χ1v) is 18.1. The molecule has 292 valence electrons. The Morgan fingerprint density at radius 3 is 1.35 bits per heavy atom. The van der Waals surface area contributed by atoms with Crippen molar-refractivity contribution in [3.63, 3.8) is 0 Å². The molecule has 0 aliphatic heterocycles. The quantitative estimate of drug-likeness (QED) is 0.0161. The van der Waals surface area contributed by atoms with E-state index < -0.39 is 11.9 Å². The smallest absolute Gasteiger partial charge is 0.344 e. The number of carbonyl (C=O) groups is 3. The standard InChI is InChI=1S/C21H24N2O3.C14H16N2.C9H14O4/c1-3-26-21(25)20(17(2)24)14-22-23(15-18-10-6-4-7-11-18)16-19-12-8-5-9-13-19;15-16(11-13-7-3-1-4-8-13)12-14-9-5-2-6-10-14;1-4-12-6-8(7(3)10)9(11)13-5-2/h4-14,24H,3,15-16H2,1-2H3;1-10H,11-12,15H2;6H,4-5H2,1-3H3. The van der Waals surface area contributed by atoms with Crippen LogP contribution in [-0.2, 0) is 54.8 Å². The van der Waals surface area contributed by atoms with Crippen molar-refractivity contribution in [2.75, 3.05) is 19.8 Å². The molecule has 0 radical (unpaired) electrons. The molecule has 3 N–H and O–H groups in total. The van der Waals surface area contributed by atoms with Gasteiger partial charge >= 0.3 is 11.9 Å². The van der Waals surface area contributed by atoms with E-state index in [1.807, 2.05) is 107 Å². The second kappa shape index (κ2) is 26.7. The van der Waals surface area contributed by atoms with E-state index in [-0.39, 0.29) is 35.9 Å². The molecule has 0 bridgehead atoms. The number of nitrogens with two attached hydrogens (primary N) is 1. The lowest BCUT2D eigenvalue weighted by Crippen LogP contribution is -2.29. The maximum Gasteiger partial charge on any atom is 0.344 e. The van der Waals surface area contributed by atoms with Gasteiger partial charge in [0.15, 0.2) is 5.78 Å². The van der Waals surface area contributed by atoms with Crippen LogP contribution in [0.4, 0.5) is 0 Å². The van der Waals surface area contributed by atoms with Gasteiger partial charge in [0.1, 0.15) is 23.2 Å². The fraction of sp³-hybridized carbons (Fsp3) is 0.273. The van der Waals surface area contributed by atoms with E-state index in [2.05, 4.69) is 34.1 Å². The number of esters is 2. The van der Waals surface area contributed by atoms with E-state index in [9.17, 15) is 19.5 Å². The summed E-state index contributed by atoms with van der Waals surface area (Å²) >= 11 is 0. The minimum Gasteiger partial charge on any atom is -0.512 e. The number of carbonyl (C=O) groups excluding carboxylic acids is 3. The summed E-state index contributed by atoms with van der Waals surface area (Å²) < 4.78 is 14.5. The van der Waals surface area contributed by atoms with Crippen LogP contribution in [0.1, 0.15) is 56.9 Å². The fourth-order valence-corrected chi connectivity index (χ4v) is 4.71. The first-order chi connectivity index (χ1) is 26.6. The summed E-state index contributed by atoms with van der Waals surface area (Å²) in [5, 5.41) is 17.9. The van der Waals surface area contributed by atoms with Crippen LogP contribution < -0.4 is 5.84 Å². The van der Waals surface area contributed by atoms with Gasteiger partial charge in [-0.05, 0) is 56.9 Å². The molecule has 0 aliphatic carbocycles. The maximum atomic E-state index is 12.0. The number of ketones is 1. The van der Waals surface area contributed by atoms with E-state index in [0.29, 0.717) is 19.7 Å². The van der Waals surface area contributed by atoms with Crippen LogP contribution in [0.2, 0.25) is 0 Å². The molecule has 0 heterocycles. The number of aliphatic hydroxyl groups excluding tert-OH is 1. The number of ether oxygens (including phenoxy) is 3. The zero-order valence-corrected chi connectivity index (χ0v) is 32.5. The minimum absolute atomic E-state index is 0.0521. The molecule has 4 aromatic rings. The Kier molecular flexibility index (Phi) is 21.9. The van der Waals surface area contributed by atoms with Crippen molar-refractivity contribution in [3.05, 3.63) is 167 Å². The summed E-state index contributed by atoms with van der Waals surface area (Å²) in [6.07, 6.45) is 2.50. The zero-order valence-electron chi connectivity index (χ0n) is 32.5. The first-order valence-electron chi connectivity index (χ1n) is 18.1. The zero-order chi connectivity index (χ0) is 40.3. The Morgan fingerprint density at radius 1 is 0.618 bits per heavy atom. The number of hydrogen-bond donors (Lipinski definition) is 2. The number of hydrazone groups is 1. The van der Waals surface area contributed by atoms with Gasteiger partial charge in [0.05, 0.1) is 39.1 Å². The van der Waals surface area contributed by atoms with Gasteiger partial charge in [0, 0.05) is 13.1 Å². The number of hydrazine groups is 1. The van der Waals surface area contributed by atoms with Crippen LogP contribution in [-0.4, -0.2) is 58.9 Å². The number of nitrogens with zero attached hydrogens (tertiary/aromatic N) is 3. The minimum atomic E-state index is -0.636.